The third-order valence-electron chi connectivity index (χ3n) is 2.07. The molecule has 0 spiro atoms. The lowest BCUT2D eigenvalue weighted by atomic mass is 10.2. The average molecular weight is 319 g/mol. The fraction of sp³-hybridized carbons (Fsp3) is 0.100. The van der Waals surface area contributed by atoms with E-state index >= 15 is 0 Å². The molecule has 0 amide bonds. The Balaban J connectivity index is 2.61. The van der Waals surface area contributed by atoms with Gasteiger partial charge in [-0.25, -0.2) is 9.18 Å². The van der Waals surface area contributed by atoms with Crippen LogP contribution in [-0.2, 0) is 4.74 Å². The summed E-state index contributed by atoms with van der Waals surface area (Å²) in [5.41, 5.74) is 1.05. The predicted molar refractivity (Wildman–Crippen MR) is 62.3 cm³/mol. The molecule has 1 aromatic heterocycles. The number of hydrogen-bond donors (Lipinski definition) is 1. The van der Waals surface area contributed by atoms with Crippen molar-refractivity contribution >= 4 is 39.5 Å². The van der Waals surface area contributed by atoms with E-state index in [0.717, 1.165) is 5.52 Å². The zero-order valence-corrected chi connectivity index (χ0v) is 9.96. The zero-order chi connectivity index (χ0) is 11.0. The van der Waals surface area contributed by atoms with Crippen molar-refractivity contribution in [2.24, 2.45) is 0 Å². The van der Waals surface area contributed by atoms with Crippen LogP contribution in [0, 0.1) is 9.39 Å². The maximum absolute atomic E-state index is 13.2. The first-order chi connectivity index (χ1) is 7.11. The molecule has 2 rings (SSSR count). The summed E-state index contributed by atoms with van der Waals surface area (Å²) in [7, 11) is 1.30. The van der Waals surface area contributed by atoms with Crippen LogP contribution in [0.15, 0.2) is 18.2 Å². The number of carbonyl (C=O) groups excluding carboxylic acids is 1. The van der Waals surface area contributed by atoms with Gasteiger partial charge in [0, 0.05) is 10.9 Å². The summed E-state index contributed by atoms with van der Waals surface area (Å²) < 4.78 is 18.3. The van der Waals surface area contributed by atoms with Gasteiger partial charge in [0.15, 0.2) is 0 Å². The molecule has 0 unspecified atom stereocenters. The highest BCUT2D eigenvalue weighted by molar-refractivity contribution is 14.1. The van der Waals surface area contributed by atoms with Gasteiger partial charge in [0.25, 0.3) is 0 Å². The van der Waals surface area contributed by atoms with E-state index < -0.39 is 5.97 Å². The highest BCUT2D eigenvalue weighted by atomic mass is 127. The van der Waals surface area contributed by atoms with Crippen molar-refractivity contribution in [3.05, 3.63) is 33.3 Å². The number of fused-ring (bicyclic) bond motifs is 1. The first-order valence-corrected chi connectivity index (χ1v) is 5.26. The van der Waals surface area contributed by atoms with Gasteiger partial charge in [0.05, 0.1) is 10.7 Å². The summed E-state index contributed by atoms with van der Waals surface area (Å²) in [4.78, 5) is 14.1. The van der Waals surface area contributed by atoms with Gasteiger partial charge < -0.3 is 9.72 Å². The van der Waals surface area contributed by atoms with Crippen LogP contribution in [0.3, 0.4) is 0 Å². The topological polar surface area (TPSA) is 42.1 Å². The van der Waals surface area contributed by atoms with Gasteiger partial charge in [-0.05, 0) is 40.8 Å². The van der Waals surface area contributed by atoms with E-state index in [1.54, 1.807) is 12.1 Å². The second kappa shape index (κ2) is 3.80. The second-order valence-corrected chi connectivity index (χ2v) is 4.19. The Kier molecular flexibility index (Phi) is 2.64. The van der Waals surface area contributed by atoms with Crippen molar-refractivity contribution in [2.75, 3.05) is 7.11 Å². The highest BCUT2D eigenvalue weighted by Crippen LogP contribution is 2.21. The van der Waals surface area contributed by atoms with Crippen molar-refractivity contribution < 1.29 is 13.9 Å². The third-order valence-corrected chi connectivity index (χ3v) is 2.89. The van der Waals surface area contributed by atoms with Crippen molar-refractivity contribution in [2.45, 2.75) is 0 Å². The molecule has 0 saturated carbocycles. The number of nitrogens with one attached hydrogen (secondary N) is 1. The number of aromatic nitrogens is 1. The molecule has 0 fully saturated rings. The normalized spacial score (nSPS) is 10.6. The molecule has 15 heavy (non-hydrogen) atoms. The van der Waals surface area contributed by atoms with Crippen LogP contribution in [0.25, 0.3) is 10.9 Å². The minimum atomic E-state index is -0.457. The number of benzene rings is 1. The Morgan fingerprint density at radius 3 is 2.87 bits per heavy atom. The third kappa shape index (κ3) is 1.83. The van der Waals surface area contributed by atoms with Crippen LogP contribution in [0.5, 0.6) is 0 Å². The molecule has 1 aromatic carbocycles. The predicted octanol–water partition coefficient (Wildman–Crippen LogP) is 2.70. The minimum Gasteiger partial charge on any atom is -0.464 e. The molecule has 0 aliphatic heterocycles. The van der Waals surface area contributed by atoms with Crippen LogP contribution in [0.2, 0.25) is 0 Å². The number of methoxy groups -OCH3 is 1. The van der Waals surface area contributed by atoms with E-state index in [-0.39, 0.29) is 5.82 Å². The SMILES string of the molecule is COC(=O)c1cc2cc(F)c(I)cc2[nH]1. The molecule has 0 atom stereocenters. The van der Waals surface area contributed by atoms with E-state index in [0.29, 0.717) is 14.7 Å². The fourth-order valence-electron chi connectivity index (χ4n) is 1.35. The summed E-state index contributed by atoms with van der Waals surface area (Å²) in [6.07, 6.45) is 0. The van der Waals surface area contributed by atoms with Crippen LogP contribution in [0.1, 0.15) is 10.5 Å². The lowest BCUT2D eigenvalue weighted by Crippen LogP contribution is -2.00. The summed E-state index contributed by atoms with van der Waals surface area (Å²) in [5.74, 6) is -0.750. The molecule has 78 valence electrons. The van der Waals surface area contributed by atoms with E-state index in [4.69, 9.17) is 0 Å². The average Bonchev–Trinajstić information content (AvgIpc) is 2.60. The summed E-state index contributed by atoms with van der Waals surface area (Å²) in [5, 5.41) is 0.660. The van der Waals surface area contributed by atoms with E-state index in [2.05, 4.69) is 9.72 Å². The highest BCUT2D eigenvalue weighted by Gasteiger charge is 2.11. The van der Waals surface area contributed by atoms with E-state index in [1.165, 1.54) is 13.2 Å². The monoisotopic (exact) mass is 319 g/mol. The number of aromatic amines is 1. The Bertz CT molecular complexity index is 496. The molecule has 0 aliphatic rings. The first-order valence-electron chi connectivity index (χ1n) is 4.18. The fourth-order valence-corrected chi connectivity index (χ4v) is 1.81. The number of carbonyl (C=O) groups is 1. The molecular weight excluding hydrogens is 312 g/mol. The maximum Gasteiger partial charge on any atom is 0.354 e. The van der Waals surface area contributed by atoms with Crippen LogP contribution < -0.4 is 0 Å². The number of hydrogen-bond acceptors (Lipinski definition) is 2. The lowest BCUT2D eigenvalue weighted by Gasteiger charge is -1.94. The molecule has 1 N–H and O–H groups in total. The first kappa shape index (κ1) is 10.4. The molecule has 0 aliphatic carbocycles. The molecule has 1 heterocycles. The second-order valence-electron chi connectivity index (χ2n) is 3.03. The molecule has 2 aromatic rings. The van der Waals surface area contributed by atoms with Crippen molar-refractivity contribution in [1.29, 1.82) is 0 Å². The number of esters is 1. The largest absolute Gasteiger partial charge is 0.464 e. The van der Waals surface area contributed by atoms with Crippen molar-refractivity contribution in [1.82, 2.24) is 4.98 Å². The molecule has 0 radical (unpaired) electrons. The van der Waals surface area contributed by atoms with Gasteiger partial charge in [0.1, 0.15) is 11.5 Å². The Morgan fingerprint density at radius 2 is 2.20 bits per heavy atom. The van der Waals surface area contributed by atoms with E-state index in [1.807, 2.05) is 22.6 Å². The Hall–Kier alpha value is -1.11. The Labute approximate surface area is 98.8 Å². The van der Waals surface area contributed by atoms with E-state index in [9.17, 15) is 9.18 Å². The molecule has 0 bridgehead atoms. The zero-order valence-electron chi connectivity index (χ0n) is 7.80. The van der Waals surface area contributed by atoms with Gasteiger partial charge >= 0.3 is 5.97 Å². The Morgan fingerprint density at radius 1 is 1.47 bits per heavy atom. The summed E-state index contributed by atoms with van der Waals surface area (Å²) >= 11 is 1.90. The summed E-state index contributed by atoms with van der Waals surface area (Å²) in [6, 6.07) is 4.61. The minimum absolute atomic E-state index is 0.293. The van der Waals surface area contributed by atoms with Gasteiger partial charge in [-0.15, -0.1) is 0 Å². The van der Waals surface area contributed by atoms with Crippen LogP contribution in [-0.4, -0.2) is 18.1 Å². The maximum atomic E-state index is 13.2. The molecular formula is C10H7FINO2. The number of rotatable bonds is 1. The standard InChI is InChI=1S/C10H7FINO2/c1-15-10(14)9-3-5-2-6(11)7(12)4-8(5)13-9/h2-4,13H,1H3. The molecule has 5 heteroatoms. The van der Waals surface area contributed by atoms with Crippen molar-refractivity contribution in [3.63, 3.8) is 0 Å². The number of H-pyrrole nitrogens is 1. The van der Waals surface area contributed by atoms with Gasteiger partial charge in [-0.3, -0.25) is 0 Å². The smallest absolute Gasteiger partial charge is 0.354 e. The molecule has 0 saturated heterocycles. The lowest BCUT2D eigenvalue weighted by molar-refractivity contribution is 0.0595. The van der Waals surface area contributed by atoms with Gasteiger partial charge in [0.2, 0.25) is 0 Å². The number of ether oxygens (including phenoxy) is 1. The van der Waals surface area contributed by atoms with Crippen LogP contribution in [0.4, 0.5) is 4.39 Å². The van der Waals surface area contributed by atoms with Gasteiger partial charge in [-0.2, -0.15) is 0 Å². The van der Waals surface area contributed by atoms with Crippen LogP contribution >= 0.6 is 22.6 Å². The van der Waals surface area contributed by atoms with Crippen molar-refractivity contribution in [3.8, 4) is 0 Å². The number of halogens is 2. The molecule has 3 nitrogen and oxygen atoms in total. The van der Waals surface area contributed by atoms with Gasteiger partial charge in [-0.1, -0.05) is 0 Å². The summed E-state index contributed by atoms with van der Waals surface area (Å²) in [6.45, 7) is 0. The quantitative estimate of drug-likeness (QED) is 0.649.